The third kappa shape index (κ3) is 3.21. The summed E-state index contributed by atoms with van der Waals surface area (Å²) < 4.78 is 0. The SMILES string of the molecule is Cc1ccc([C@@H]2NC(=O)c3c(sc4c3CCN(Cc3ccccc3)C4)N2)cc1. The van der Waals surface area contributed by atoms with E-state index in [0.717, 1.165) is 42.2 Å². The minimum Gasteiger partial charge on any atom is -0.353 e. The molecule has 0 aliphatic carbocycles. The van der Waals surface area contributed by atoms with Crippen LogP contribution in [0.1, 0.15) is 43.7 Å². The fraction of sp³-hybridized carbons (Fsp3) is 0.261. The molecule has 0 saturated heterocycles. The lowest BCUT2D eigenvalue weighted by atomic mass is 10.00. The summed E-state index contributed by atoms with van der Waals surface area (Å²) in [5.74, 6) is 0.0494. The zero-order chi connectivity index (χ0) is 19.1. The summed E-state index contributed by atoms with van der Waals surface area (Å²) in [6.45, 7) is 4.92. The Kier molecular flexibility index (Phi) is 4.41. The lowest BCUT2D eigenvalue weighted by Gasteiger charge is -2.28. The highest BCUT2D eigenvalue weighted by Gasteiger charge is 2.33. The lowest BCUT2D eigenvalue weighted by molar-refractivity contribution is 0.0934. The number of hydrogen-bond acceptors (Lipinski definition) is 4. The van der Waals surface area contributed by atoms with Crippen molar-refractivity contribution in [1.29, 1.82) is 0 Å². The van der Waals surface area contributed by atoms with Crippen LogP contribution in [0.3, 0.4) is 0 Å². The van der Waals surface area contributed by atoms with E-state index in [0.29, 0.717) is 0 Å². The highest BCUT2D eigenvalue weighted by atomic mass is 32.1. The molecule has 5 rings (SSSR count). The van der Waals surface area contributed by atoms with E-state index in [9.17, 15) is 4.79 Å². The Morgan fingerprint density at radius 3 is 2.64 bits per heavy atom. The van der Waals surface area contributed by atoms with Crippen LogP contribution in [0.5, 0.6) is 0 Å². The summed E-state index contributed by atoms with van der Waals surface area (Å²) >= 11 is 1.74. The van der Waals surface area contributed by atoms with Gasteiger partial charge in [0.05, 0.1) is 5.56 Å². The average Bonchev–Trinajstić information content (AvgIpc) is 3.07. The molecule has 0 bridgehead atoms. The fourth-order valence-electron chi connectivity index (χ4n) is 4.07. The highest BCUT2D eigenvalue weighted by Crippen LogP contribution is 2.40. The number of hydrogen-bond donors (Lipinski definition) is 2. The Balaban J connectivity index is 1.38. The molecule has 1 aromatic heterocycles. The van der Waals surface area contributed by atoms with Crippen molar-refractivity contribution in [3.05, 3.63) is 87.3 Å². The van der Waals surface area contributed by atoms with Crippen molar-refractivity contribution in [2.45, 2.75) is 32.6 Å². The normalized spacial score (nSPS) is 18.8. The van der Waals surface area contributed by atoms with Gasteiger partial charge < -0.3 is 10.6 Å². The molecule has 3 heterocycles. The summed E-state index contributed by atoms with van der Waals surface area (Å²) in [6.07, 6.45) is 0.763. The number of amides is 1. The van der Waals surface area contributed by atoms with E-state index in [4.69, 9.17) is 0 Å². The Labute approximate surface area is 169 Å². The van der Waals surface area contributed by atoms with Crippen LogP contribution in [0.25, 0.3) is 0 Å². The minimum absolute atomic E-state index is 0.0494. The monoisotopic (exact) mass is 389 g/mol. The van der Waals surface area contributed by atoms with Gasteiger partial charge in [-0.25, -0.2) is 0 Å². The predicted octanol–water partition coefficient (Wildman–Crippen LogP) is 4.47. The average molecular weight is 390 g/mol. The van der Waals surface area contributed by atoms with Crippen LogP contribution in [-0.4, -0.2) is 17.4 Å². The molecule has 3 aromatic rings. The molecule has 2 aromatic carbocycles. The number of anilines is 1. The van der Waals surface area contributed by atoms with Crippen molar-refractivity contribution in [3.63, 3.8) is 0 Å². The molecule has 0 saturated carbocycles. The minimum atomic E-state index is -0.166. The first-order valence-corrected chi connectivity index (χ1v) is 10.5. The highest BCUT2D eigenvalue weighted by molar-refractivity contribution is 7.16. The molecular weight excluding hydrogens is 366 g/mol. The Morgan fingerprint density at radius 2 is 1.86 bits per heavy atom. The Hall–Kier alpha value is -2.63. The van der Waals surface area contributed by atoms with Gasteiger partial charge in [0, 0.05) is 24.5 Å². The molecule has 0 fully saturated rings. The van der Waals surface area contributed by atoms with E-state index in [1.807, 2.05) is 0 Å². The van der Waals surface area contributed by atoms with Crippen LogP contribution >= 0.6 is 11.3 Å². The van der Waals surface area contributed by atoms with E-state index < -0.39 is 0 Å². The van der Waals surface area contributed by atoms with Gasteiger partial charge in [-0.05, 0) is 30.0 Å². The number of fused-ring (bicyclic) bond motifs is 3. The molecule has 5 heteroatoms. The van der Waals surface area contributed by atoms with Gasteiger partial charge in [-0.1, -0.05) is 60.2 Å². The number of rotatable bonds is 3. The van der Waals surface area contributed by atoms with Gasteiger partial charge in [0.1, 0.15) is 11.2 Å². The molecule has 2 N–H and O–H groups in total. The van der Waals surface area contributed by atoms with Gasteiger partial charge in [-0.3, -0.25) is 9.69 Å². The van der Waals surface area contributed by atoms with Crippen molar-refractivity contribution in [2.75, 3.05) is 11.9 Å². The molecule has 0 unspecified atom stereocenters. The standard InChI is InChI=1S/C23H23N3OS/c1-15-7-9-17(10-8-15)21-24-22(27)20-18-11-12-26(13-16-5-3-2-4-6-16)14-19(18)28-23(20)25-21/h2-10,21,25H,11-14H2,1H3,(H,24,27)/t21-/m1/s1. The van der Waals surface area contributed by atoms with Gasteiger partial charge in [-0.15, -0.1) is 11.3 Å². The number of benzene rings is 2. The molecule has 4 nitrogen and oxygen atoms in total. The van der Waals surface area contributed by atoms with Crippen molar-refractivity contribution in [2.24, 2.45) is 0 Å². The maximum atomic E-state index is 12.9. The van der Waals surface area contributed by atoms with Crippen LogP contribution in [0, 0.1) is 6.92 Å². The first-order valence-electron chi connectivity index (χ1n) is 9.72. The van der Waals surface area contributed by atoms with E-state index >= 15 is 0 Å². The van der Waals surface area contributed by atoms with Gasteiger partial charge in [0.25, 0.3) is 5.91 Å². The molecule has 1 atom stereocenters. The van der Waals surface area contributed by atoms with E-state index in [2.05, 4.69) is 77.1 Å². The van der Waals surface area contributed by atoms with Crippen LogP contribution in [0.4, 0.5) is 5.00 Å². The second-order valence-corrected chi connectivity index (χ2v) is 8.72. The topological polar surface area (TPSA) is 44.4 Å². The van der Waals surface area contributed by atoms with Crippen molar-refractivity contribution < 1.29 is 4.79 Å². The number of carbonyl (C=O) groups excluding carboxylic acids is 1. The third-order valence-corrected chi connectivity index (χ3v) is 6.72. The molecule has 28 heavy (non-hydrogen) atoms. The second kappa shape index (κ2) is 7.08. The summed E-state index contributed by atoms with van der Waals surface area (Å²) in [7, 11) is 0. The Bertz CT molecular complexity index is 1010. The first-order chi connectivity index (χ1) is 13.7. The predicted molar refractivity (Wildman–Crippen MR) is 114 cm³/mol. The molecule has 0 radical (unpaired) electrons. The number of nitrogens with zero attached hydrogens (tertiary/aromatic N) is 1. The number of nitrogens with one attached hydrogen (secondary N) is 2. The smallest absolute Gasteiger partial charge is 0.256 e. The fourth-order valence-corrected chi connectivity index (χ4v) is 5.39. The van der Waals surface area contributed by atoms with Crippen molar-refractivity contribution >= 4 is 22.2 Å². The van der Waals surface area contributed by atoms with Gasteiger partial charge in [0.2, 0.25) is 0 Å². The van der Waals surface area contributed by atoms with Gasteiger partial charge in [-0.2, -0.15) is 0 Å². The zero-order valence-corrected chi connectivity index (χ0v) is 16.7. The van der Waals surface area contributed by atoms with Crippen LogP contribution in [0.2, 0.25) is 0 Å². The summed E-state index contributed by atoms with van der Waals surface area (Å²) in [5.41, 5.74) is 5.74. The van der Waals surface area contributed by atoms with Crippen LogP contribution < -0.4 is 10.6 Å². The van der Waals surface area contributed by atoms with Crippen LogP contribution in [-0.2, 0) is 19.5 Å². The summed E-state index contributed by atoms with van der Waals surface area (Å²) in [4.78, 5) is 16.7. The van der Waals surface area contributed by atoms with E-state index in [-0.39, 0.29) is 12.1 Å². The summed E-state index contributed by atoms with van der Waals surface area (Å²) in [5, 5.41) is 7.71. The molecule has 0 spiro atoms. The lowest BCUT2D eigenvalue weighted by Crippen LogP contribution is -2.38. The Morgan fingerprint density at radius 1 is 1.07 bits per heavy atom. The maximum absolute atomic E-state index is 12.9. The molecule has 2 aliphatic heterocycles. The van der Waals surface area contributed by atoms with E-state index in [1.54, 1.807) is 11.3 Å². The molecule has 1 amide bonds. The maximum Gasteiger partial charge on any atom is 0.256 e. The number of aryl methyl sites for hydroxylation is 1. The number of thiophene rings is 1. The van der Waals surface area contributed by atoms with Gasteiger partial charge >= 0.3 is 0 Å². The third-order valence-electron chi connectivity index (χ3n) is 5.57. The quantitative estimate of drug-likeness (QED) is 0.695. The molecular formula is C23H23N3OS. The first kappa shape index (κ1) is 17.5. The zero-order valence-electron chi connectivity index (χ0n) is 15.9. The second-order valence-electron chi connectivity index (χ2n) is 7.62. The largest absolute Gasteiger partial charge is 0.353 e. The van der Waals surface area contributed by atoms with Gasteiger partial charge in [0.15, 0.2) is 0 Å². The number of carbonyl (C=O) groups is 1. The van der Waals surface area contributed by atoms with Crippen molar-refractivity contribution in [1.82, 2.24) is 10.2 Å². The molecule has 2 aliphatic rings. The van der Waals surface area contributed by atoms with Crippen LogP contribution in [0.15, 0.2) is 54.6 Å². The summed E-state index contributed by atoms with van der Waals surface area (Å²) in [6, 6.07) is 18.9. The molecule has 142 valence electrons. The van der Waals surface area contributed by atoms with E-state index in [1.165, 1.54) is 21.6 Å². The van der Waals surface area contributed by atoms with Crippen molar-refractivity contribution in [3.8, 4) is 0 Å².